The van der Waals surface area contributed by atoms with Crippen LogP contribution in [0.1, 0.15) is 0 Å². The largest absolute Gasteiger partial charge is 0.383 e. The van der Waals surface area contributed by atoms with Gasteiger partial charge in [0.15, 0.2) is 9.84 Å². The van der Waals surface area contributed by atoms with E-state index in [4.69, 9.17) is 4.74 Å². The molecule has 0 aromatic heterocycles. The van der Waals surface area contributed by atoms with Crippen molar-refractivity contribution in [2.45, 2.75) is 10.9 Å². The second kappa shape index (κ2) is 6.09. The third-order valence-electron chi connectivity index (χ3n) is 2.37. The highest BCUT2D eigenvalue weighted by Crippen LogP contribution is 2.12. The van der Waals surface area contributed by atoms with Crippen LogP contribution in [0.2, 0.25) is 0 Å². The second-order valence-corrected chi connectivity index (χ2v) is 5.71. The lowest BCUT2D eigenvalue weighted by molar-refractivity contribution is 0.176. The van der Waals surface area contributed by atoms with E-state index in [9.17, 15) is 12.8 Å². The summed E-state index contributed by atoms with van der Waals surface area (Å²) in [6.45, 7) is 0.303. The normalized spacial score (nSPS) is 13.6. The Morgan fingerprint density at radius 2 is 1.94 bits per heavy atom. The van der Waals surface area contributed by atoms with Crippen molar-refractivity contribution in [2.24, 2.45) is 0 Å². The average molecular weight is 261 g/mol. The quantitative estimate of drug-likeness (QED) is 0.771. The fourth-order valence-electron chi connectivity index (χ4n) is 1.42. The number of halogens is 1. The SMILES string of the molecule is CNC(COC)CS(=O)(=O)c1ccc(F)cc1. The maximum atomic E-state index is 12.7. The Balaban J connectivity index is 2.84. The molecule has 0 saturated heterocycles. The molecule has 0 radical (unpaired) electrons. The molecule has 6 heteroatoms. The number of nitrogens with one attached hydrogen (secondary N) is 1. The summed E-state index contributed by atoms with van der Waals surface area (Å²) in [5.41, 5.74) is 0. The van der Waals surface area contributed by atoms with Crippen LogP contribution < -0.4 is 5.32 Å². The van der Waals surface area contributed by atoms with Gasteiger partial charge >= 0.3 is 0 Å². The molecule has 0 aliphatic heterocycles. The van der Waals surface area contributed by atoms with E-state index in [0.29, 0.717) is 6.61 Å². The van der Waals surface area contributed by atoms with E-state index < -0.39 is 15.7 Å². The highest BCUT2D eigenvalue weighted by molar-refractivity contribution is 7.91. The smallest absolute Gasteiger partial charge is 0.179 e. The van der Waals surface area contributed by atoms with Gasteiger partial charge in [0.25, 0.3) is 0 Å². The predicted octanol–water partition coefficient (Wildman–Crippen LogP) is 0.834. The average Bonchev–Trinajstić information content (AvgIpc) is 2.28. The van der Waals surface area contributed by atoms with Crippen molar-refractivity contribution in [1.82, 2.24) is 5.32 Å². The van der Waals surface area contributed by atoms with Crippen molar-refractivity contribution >= 4 is 9.84 Å². The van der Waals surface area contributed by atoms with Crippen LogP contribution in [0.3, 0.4) is 0 Å². The molecule has 0 fully saturated rings. The van der Waals surface area contributed by atoms with Crippen molar-refractivity contribution in [3.8, 4) is 0 Å². The van der Waals surface area contributed by atoms with Crippen LogP contribution in [0.4, 0.5) is 4.39 Å². The minimum atomic E-state index is -3.42. The van der Waals surface area contributed by atoms with Crippen molar-refractivity contribution in [2.75, 3.05) is 26.5 Å². The second-order valence-electron chi connectivity index (χ2n) is 3.68. The van der Waals surface area contributed by atoms with Gasteiger partial charge in [0.2, 0.25) is 0 Å². The Morgan fingerprint density at radius 3 is 2.41 bits per heavy atom. The van der Waals surface area contributed by atoms with Gasteiger partial charge in [-0.25, -0.2) is 12.8 Å². The maximum absolute atomic E-state index is 12.7. The molecule has 1 N–H and O–H groups in total. The summed E-state index contributed by atoms with van der Waals surface area (Å²) in [6.07, 6.45) is 0. The lowest BCUT2D eigenvalue weighted by atomic mass is 10.3. The van der Waals surface area contributed by atoms with Gasteiger partial charge < -0.3 is 10.1 Å². The molecule has 0 bridgehead atoms. The lowest BCUT2D eigenvalue weighted by Gasteiger charge is -2.15. The van der Waals surface area contributed by atoms with E-state index in [2.05, 4.69) is 5.32 Å². The molecule has 1 atom stereocenters. The van der Waals surface area contributed by atoms with Crippen LogP contribution >= 0.6 is 0 Å². The minimum absolute atomic E-state index is 0.0804. The van der Waals surface area contributed by atoms with E-state index in [1.54, 1.807) is 7.05 Å². The molecule has 0 heterocycles. The Hall–Kier alpha value is -0.980. The first-order chi connectivity index (χ1) is 7.99. The Labute approximate surface area is 101 Å². The van der Waals surface area contributed by atoms with Crippen LogP contribution in [0.25, 0.3) is 0 Å². The third kappa shape index (κ3) is 4.07. The predicted molar refractivity (Wildman–Crippen MR) is 63.2 cm³/mol. The highest BCUT2D eigenvalue weighted by Gasteiger charge is 2.20. The number of benzene rings is 1. The van der Waals surface area contributed by atoms with Crippen molar-refractivity contribution < 1.29 is 17.5 Å². The van der Waals surface area contributed by atoms with Crippen LogP contribution in [0.15, 0.2) is 29.2 Å². The fraction of sp³-hybridized carbons (Fsp3) is 0.455. The van der Waals surface area contributed by atoms with Crippen LogP contribution in [-0.2, 0) is 14.6 Å². The molecular weight excluding hydrogens is 245 g/mol. The molecule has 1 aromatic rings. The van der Waals surface area contributed by atoms with Crippen LogP contribution in [0, 0.1) is 5.82 Å². The Kier molecular flexibility index (Phi) is 5.04. The van der Waals surface area contributed by atoms with Gasteiger partial charge in [-0.1, -0.05) is 0 Å². The zero-order valence-corrected chi connectivity index (χ0v) is 10.6. The number of sulfone groups is 1. The van der Waals surface area contributed by atoms with E-state index in [1.165, 1.54) is 19.2 Å². The summed E-state index contributed by atoms with van der Waals surface area (Å²) >= 11 is 0. The lowest BCUT2D eigenvalue weighted by Crippen LogP contribution is -2.36. The highest BCUT2D eigenvalue weighted by atomic mass is 32.2. The van der Waals surface area contributed by atoms with Gasteiger partial charge in [0.1, 0.15) is 5.82 Å². The summed E-state index contributed by atoms with van der Waals surface area (Å²) in [5.74, 6) is -0.533. The summed E-state index contributed by atoms with van der Waals surface area (Å²) in [6, 6.07) is 4.53. The first kappa shape index (κ1) is 14.1. The van der Waals surface area contributed by atoms with Gasteiger partial charge in [-0.15, -0.1) is 0 Å². The minimum Gasteiger partial charge on any atom is -0.383 e. The molecule has 0 spiro atoms. The number of ether oxygens (including phenoxy) is 1. The molecule has 17 heavy (non-hydrogen) atoms. The number of hydrogen-bond donors (Lipinski definition) is 1. The molecule has 0 saturated carbocycles. The molecule has 96 valence electrons. The summed E-state index contributed by atoms with van der Waals surface area (Å²) < 4.78 is 41.5. The van der Waals surface area contributed by atoms with E-state index >= 15 is 0 Å². The van der Waals surface area contributed by atoms with Gasteiger partial charge in [0, 0.05) is 13.2 Å². The van der Waals surface area contributed by atoms with Crippen LogP contribution in [0.5, 0.6) is 0 Å². The molecule has 1 unspecified atom stereocenters. The van der Waals surface area contributed by atoms with E-state index in [1.807, 2.05) is 0 Å². The molecule has 1 rings (SSSR count). The van der Waals surface area contributed by atoms with E-state index in [0.717, 1.165) is 12.1 Å². The summed E-state index contributed by atoms with van der Waals surface area (Å²) in [5, 5.41) is 2.86. The zero-order chi connectivity index (χ0) is 12.9. The number of hydrogen-bond acceptors (Lipinski definition) is 4. The van der Waals surface area contributed by atoms with Gasteiger partial charge in [-0.05, 0) is 31.3 Å². The molecule has 0 amide bonds. The first-order valence-corrected chi connectivity index (χ1v) is 6.79. The Morgan fingerprint density at radius 1 is 1.35 bits per heavy atom. The van der Waals surface area contributed by atoms with Gasteiger partial charge in [-0.3, -0.25) is 0 Å². The molecule has 0 aliphatic rings. The molecular formula is C11H16FNO3S. The summed E-state index contributed by atoms with van der Waals surface area (Å²) in [4.78, 5) is 0.121. The van der Waals surface area contributed by atoms with Crippen molar-refractivity contribution in [3.05, 3.63) is 30.1 Å². The molecule has 0 aliphatic carbocycles. The van der Waals surface area contributed by atoms with E-state index in [-0.39, 0.29) is 16.7 Å². The van der Waals surface area contributed by atoms with Crippen LogP contribution in [-0.4, -0.2) is 41.0 Å². The first-order valence-electron chi connectivity index (χ1n) is 5.14. The third-order valence-corrected chi connectivity index (χ3v) is 4.20. The molecule has 4 nitrogen and oxygen atoms in total. The van der Waals surface area contributed by atoms with Crippen molar-refractivity contribution in [3.63, 3.8) is 0 Å². The Bertz CT molecular complexity index is 444. The molecule has 1 aromatic carbocycles. The fourth-order valence-corrected chi connectivity index (χ4v) is 2.95. The number of methoxy groups -OCH3 is 1. The standard InChI is InChI=1S/C11H16FNO3S/c1-13-10(7-16-2)8-17(14,15)11-5-3-9(12)4-6-11/h3-6,10,13H,7-8H2,1-2H3. The zero-order valence-electron chi connectivity index (χ0n) is 9.81. The number of likely N-dealkylation sites (N-methyl/N-ethyl adjacent to an activating group) is 1. The van der Waals surface area contributed by atoms with Crippen molar-refractivity contribution in [1.29, 1.82) is 0 Å². The maximum Gasteiger partial charge on any atom is 0.179 e. The number of rotatable bonds is 6. The topological polar surface area (TPSA) is 55.4 Å². The monoisotopic (exact) mass is 261 g/mol. The van der Waals surface area contributed by atoms with Gasteiger partial charge in [-0.2, -0.15) is 0 Å². The summed E-state index contributed by atoms with van der Waals surface area (Å²) in [7, 11) is -0.240. The van der Waals surface area contributed by atoms with Gasteiger partial charge in [0.05, 0.1) is 17.3 Å².